The van der Waals surface area contributed by atoms with Crippen LogP contribution in [0.2, 0.25) is 0 Å². The molecule has 6 rings (SSSR count). The van der Waals surface area contributed by atoms with E-state index in [2.05, 4.69) is 54.8 Å². The van der Waals surface area contributed by atoms with Crippen molar-refractivity contribution in [1.29, 1.82) is 0 Å². The quantitative estimate of drug-likeness (QED) is 0.219. The average molecular weight is 564 g/mol. The van der Waals surface area contributed by atoms with Gasteiger partial charge in [-0.25, -0.2) is 15.0 Å². The van der Waals surface area contributed by atoms with Crippen molar-refractivity contribution in [3.8, 4) is 0 Å². The Morgan fingerprint density at radius 3 is 2.36 bits per heavy atom. The van der Waals surface area contributed by atoms with Crippen molar-refractivity contribution in [3.63, 3.8) is 0 Å². The number of rotatable bonds is 11. The standard InChI is InChI=1S/C32H33N7O3/c40-20-25-14-15-27(42-25)39-21-36-28-29(35-19-26(22-9-3-1-4-10-22)23-11-5-2-6-12-23)37-30(38-31(28)39)32(41)34-18-16-24-13-7-8-17-33-24/h1-13,17,21,25-27,40H,14-16,18-20H2,(H,34,41)(H,35,37,38). The van der Waals surface area contributed by atoms with Gasteiger partial charge in [0.2, 0.25) is 5.82 Å². The smallest absolute Gasteiger partial charge is 0.289 e. The summed E-state index contributed by atoms with van der Waals surface area (Å²) in [5.41, 5.74) is 4.26. The van der Waals surface area contributed by atoms with Crippen LogP contribution in [0.1, 0.15) is 52.4 Å². The van der Waals surface area contributed by atoms with Crippen LogP contribution in [0.3, 0.4) is 0 Å². The summed E-state index contributed by atoms with van der Waals surface area (Å²) in [4.78, 5) is 31.5. The van der Waals surface area contributed by atoms with E-state index in [0.29, 0.717) is 42.9 Å². The highest BCUT2D eigenvalue weighted by Gasteiger charge is 2.29. The fraction of sp³-hybridized carbons (Fsp3) is 0.281. The van der Waals surface area contributed by atoms with Gasteiger partial charge in [-0.15, -0.1) is 0 Å². The number of amides is 1. The molecule has 10 nitrogen and oxygen atoms in total. The van der Waals surface area contributed by atoms with E-state index in [9.17, 15) is 9.90 Å². The van der Waals surface area contributed by atoms with E-state index in [1.54, 1.807) is 12.5 Å². The van der Waals surface area contributed by atoms with Gasteiger partial charge in [0.05, 0.1) is 19.0 Å². The van der Waals surface area contributed by atoms with E-state index in [0.717, 1.165) is 23.2 Å². The van der Waals surface area contributed by atoms with Gasteiger partial charge in [-0.1, -0.05) is 66.7 Å². The predicted molar refractivity (Wildman–Crippen MR) is 159 cm³/mol. The Kier molecular flexibility index (Phi) is 8.43. The largest absolute Gasteiger partial charge is 0.394 e. The Balaban J connectivity index is 1.30. The number of aliphatic hydroxyl groups is 1. The molecule has 1 aliphatic heterocycles. The van der Waals surface area contributed by atoms with Crippen molar-refractivity contribution in [3.05, 3.63) is 114 Å². The lowest BCUT2D eigenvalue weighted by atomic mass is 9.91. The maximum absolute atomic E-state index is 13.3. The zero-order valence-corrected chi connectivity index (χ0v) is 23.1. The van der Waals surface area contributed by atoms with E-state index in [1.807, 2.05) is 59.2 Å². The molecule has 3 N–H and O–H groups in total. The first-order chi connectivity index (χ1) is 20.7. The molecule has 5 aromatic rings. The van der Waals surface area contributed by atoms with Gasteiger partial charge in [-0.05, 0) is 36.1 Å². The highest BCUT2D eigenvalue weighted by molar-refractivity contribution is 5.94. The van der Waals surface area contributed by atoms with Crippen LogP contribution in [-0.2, 0) is 11.2 Å². The molecule has 2 unspecified atom stereocenters. The molecule has 4 heterocycles. The number of aliphatic hydroxyl groups excluding tert-OH is 1. The fourth-order valence-electron chi connectivity index (χ4n) is 5.30. The molecular formula is C32H33N7O3. The molecule has 3 aromatic heterocycles. The Morgan fingerprint density at radius 1 is 0.952 bits per heavy atom. The lowest BCUT2D eigenvalue weighted by Crippen LogP contribution is -2.28. The predicted octanol–water partition coefficient (Wildman–Crippen LogP) is 4.11. The Hall–Kier alpha value is -4.67. The summed E-state index contributed by atoms with van der Waals surface area (Å²) >= 11 is 0. The highest BCUT2D eigenvalue weighted by atomic mass is 16.5. The number of fused-ring (bicyclic) bond motifs is 1. The van der Waals surface area contributed by atoms with E-state index >= 15 is 0 Å². The molecule has 1 amide bonds. The van der Waals surface area contributed by atoms with Crippen molar-refractivity contribution in [2.75, 3.05) is 25.0 Å². The monoisotopic (exact) mass is 563 g/mol. The number of carbonyl (C=O) groups excluding carboxylic acids is 1. The molecule has 214 valence electrons. The number of benzene rings is 2. The zero-order chi connectivity index (χ0) is 28.7. The minimum Gasteiger partial charge on any atom is -0.394 e. The summed E-state index contributed by atoms with van der Waals surface area (Å²) in [5, 5.41) is 16.0. The van der Waals surface area contributed by atoms with Crippen LogP contribution in [0.4, 0.5) is 5.82 Å². The third-order valence-corrected chi connectivity index (χ3v) is 7.49. The van der Waals surface area contributed by atoms with Gasteiger partial charge < -0.3 is 20.5 Å². The molecule has 0 radical (unpaired) electrons. The molecule has 2 aromatic carbocycles. The minimum absolute atomic E-state index is 0.0404. The number of nitrogens with zero attached hydrogens (tertiary/aromatic N) is 5. The van der Waals surface area contributed by atoms with Gasteiger partial charge in [0.25, 0.3) is 5.91 Å². The van der Waals surface area contributed by atoms with Crippen LogP contribution >= 0.6 is 0 Å². The number of imidazole rings is 1. The molecule has 42 heavy (non-hydrogen) atoms. The van der Waals surface area contributed by atoms with E-state index in [4.69, 9.17) is 4.74 Å². The van der Waals surface area contributed by atoms with Crippen LogP contribution in [0.25, 0.3) is 11.2 Å². The molecule has 0 aliphatic carbocycles. The number of pyridine rings is 1. The number of nitrogens with one attached hydrogen (secondary N) is 2. The van der Waals surface area contributed by atoms with Gasteiger partial charge in [-0.3, -0.25) is 14.3 Å². The number of hydrogen-bond acceptors (Lipinski definition) is 8. The Labute approximate surface area is 243 Å². The Morgan fingerprint density at radius 2 is 1.69 bits per heavy atom. The molecule has 0 bridgehead atoms. The second kappa shape index (κ2) is 12.9. The van der Waals surface area contributed by atoms with Crippen LogP contribution in [0.5, 0.6) is 0 Å². The first-order valence-electron chi connectivity index (χ1n) is 14.2. The fourth-order valence-corrected chi connectivity index (χ4v) is 5.30. The van der Waals surface area contributed by atoms with Crippen molar-refractivity contribution in [2.45, 2.75) is 37.5 Å². The molecule has 1 aliphatic rings. The molecule has 10 heteroatoms. The number of anilines is 1. The summed E-state index contributed by atoms with van der Waals surface area (Å²) in [6, 6.07) is 26.3. The van der Waals surface area contributed by atoms with Crippen LogP contribution in [0.15, 0.2) is 91.4 Å². The van der Waals surface area contributed by atoms with Crippen LogP contribution in [-0.4, -0.2) is 61.3 Å². The molecular weight excluding hydrogens is 530 g/mol. The van der Waals surface area contributed by atoms with E-state index in [1.165, 1.54) is 0 Å². The third kappa shape index (κ3) is 6.14. The van der Waals surface area contributed by atoms with Crippen molar-refractivity contribution >= 4 is 22.9 Å². The van der Waals surface area contributed by atoms with Gasteiger partial charge in [-0.2, -0.15) is 0 Å². The highest BCUT2D eigenvalue weighted by Crippen LogP contribution is 2.32. The summed E-state index contributed by atoms with van der Waals surface area (Å²) < 4.78 is 7.84. The number of ether oxygens (including phenoxy) is 1. The molecule has 0 spiro atoms. The first kappa shape index (κ1) is 27.5. The van der Waals surface area contributed by atoms with Gasteiger partial charge in [0, 0.05) is 37.3 Å². The lowest BCUT2D eigenvalue weighted by Gasteiger charge is -2.20. The second-order valence-electron chi connectivity index (χ2n) is 10.3. The van der Waals surface area contributed by atoms with Gasteiger partial charge in [0.1, 0.15) is 6.23 Å². The summed E-state index contributed by atoms with van der Waals surface area (Å²) in [5.74, 6) is 0.174. The molecule has 0 saturated carbocycles. The SMILES string of the molecule is O=C(NCCc1ccccn1)c1nc(NCC(c2ccccc2)c2ccccc2)c2ncn(C3CCC(CO)O3)c2n1. The molecule has 1 saturated heterocycles. The van der Waals surface area contributed by atoms with Gasteiger partial charge in [0.15, 0.2) is 17.0 Å². The summed E-state index contributed by atoms with van der Waals surface area (Å²) in [6.07, 6.45) is 4.86. The molecule has 2 atom stereocenters. The maximum Gasteiger partial charge on any atom is 0.289 e. The topological polar surface area (TPSA) is 127 Å². The Bertz CT molecular complexity index is 1570. The average Bonchev–Trinajstić information content (AvgIpc) is 3.70. The normalized spacial score (nSPS) is 16.6. The third-order valence-electron chi connectivity index (χ3n) is 7.49. The summed E-state index contributed by atoms with van der Waals surface area (Å²) in [6.45, 7) is 0.878. The summed E-state index contributed by atoms with van der Waals surface area (Å²) in [7, 11) is 0. The zero-order valence-electron chi connectivity index (χ0n) is 23.1. The van der Waals surface area contributed by atoms with Gasteiger partial charge >= 0.3 is 0 Å². The minimum atomic E-state index is -0.383. The number of hydrogen-bond donors (Lipinski definition) is 3. The van der Waals surface area contributed by atoms with Crippen LogP contribution < -0.4 is 10.6 Å². The maximum atomic E-state index is 13.3. The van der Waals surface area contributed by atoms with E-state index in [-0.39, 0.29) is 36.6 Å². The number of carbonyl (C=O) groups is 1. The van der Waals surface area contributed by atoms with E-state index < -0.39 is 0 Å². The lowest BCUT2D eigenvalue weighted by molar-refractivity contribution is -0.0207. The molecule has 1 fully saturated rings. The van der Waals surface area contributed by atoms with Crippen molar-refractivity contribution in [2.24, 2.45) is 0 Å². The van der Waals surface area contributed by atoms with Crippen molar-refractivity contribution < 1.29 is 14.6 Å². The van der Waals surface area contributed by atoms with Crippen LogP contribution in [0, 0.1) is 0 Å². The first-order valence-corrected chi connectivity index (χ1v) is 14.2. The number of aromatic nitrogens is 5. The second-order valence-corrected chi connectivity index (χ2v) is 10.3. The van der Waals surface area contributed by atoms with Crippen molar-refractivity contribution in [1.82, 2.24) is 29.8 Å².